The minimum Gasteiger partial charge on any atom is -0.318 e. The highest BCUT2D eigenvalue weighted by Crippen LogP contribution is 2.22. The summed E-state index contributed by atoms with van der Waals surface area (Å²) in [6.07, 6.45) is 0. The van der Waals surface area contributed by atoms with E-state index in [0.29, 0.717) is 0 Å². The Bertz CT molecular complexity index is 855. The molecule has 1 aromatic carbocycles. The van der Waals surface area contributed by atoms with Crippen LogP contribution in [0.4, 0.5) is 0 Å². The van der Waals surface area contributed by atoms with Gasteiger partial charge in [0.2, 0.25) is 4.80 Å². The first kappa shape index (κ1) is 13.5. The lowest BCUT2D eigenvalue weighted by atomic mass is 10.3. The number of rotatable bonds is 2. The van der Waals surface area contributed by atoms with Gasteiger partial charge in [0.05, 0.1) is 25.1 Å². The van der Waals surface area contributed by atoms with Crippen LogP contribution in [0.5, 0.6) is 0 Å². The molecular weight excluding hydrogens is 310 g/mol. The van der Waals surface area contributed by atoms with Crippen LogP contribution in [0.25, 0.3) is 10.2 Å². The summed E-state index contributed by atoms with van der Waals surface area (Å²) in [6.45, 7) is 1.94. The van der Waals surface area contributed by atoms with Crippen molar-refractivity contribution in [3.8, 4) is 0 Å². The molecule has 0 unspecified atom stereocenters. The van der Waals surface area contributed by atoms with Crippen LogP contribution in [-0.2, 0) is 7.05 Å². The van der Waals surface area contributed by atoms with E-state index in [1.807, 2.05) is 38.2 Å². The molecule has 102 valence electrons. The van der Waals surface area contributed by atoms with E-state index in [1.165, 1.54) is 21.6 Å². The third-order valence-corrected chi connectivity index (χ3v) is 5.37. The predicted molar refractivity (Wildman–Crippen MR) is 87.9 cm³/mol. The molecule has 0 radical (unpaired) electrons. The molecule has 3 rings (SSSR count). The van der Waals surface area contributed by atoms with Gasteiger partial charge in [-0.25, -0.2) is 0 Å². The number of para-hydroxylation sites is 1. The van der Waals surface area contributed by atoms with Gasteiger partial charge in [-0.3, -0.25) is 0 Å². The van der Waals surface area contributed by atoms with Crippen LogP contribution in [0.1, 0.15) is 11.8 Å². The van der Waals surface area contributed by atoms with Crippen LogP contribution in [0.2, 0.25) is 4.34 Å². The third kappa shape index (κ3) is 2.57. The number of fused-ring (bicyclic) bond motifs is 1. The predicted octanol–water partition coefficient (Wildman–Crippen LogP) is 4.28. The smallest absolute Gasteiger partial charge is 0.211 e. The van der Waals surface area contributed by atoms with Gasteiger partial charge in [-0.2, -0.15) is 5.10 Å². The average molecular weight is 322 g/mol. The van der Waals surface area contributed by atoms with Crippen LogP contribution in [-0.4, -0.2) is 10.3 Å². The van der Waals surface area contributed by atoms with Crippen molar-refractivity contribution in [3.05, 3.63) is 50.4 Å². The zero-order chi connectivity index (χ0) is 14.1. The lowest BCUT2D eigenvalue weighted by Gasteiger charge is -1.93. The van der Waals surface area contributed by atoms with Gasteiger partial charge in [0, 0.05) is 7.05 Å². The van der Waals surface area contributed by atoms with Gasteiger partial charge >= 0.3 is 0 Å². The normalized spacial score (nSPS) is 13.3. The van der Waals surface area contributed by atoms with Crippen LogP contribution >= 0.6 is 34.3 Å². The molecule has 0 spiro atoms. The van der Waals surface area contributed by atoms with E-state index in [9.17, 15) is 0 Å². The standard InChI is InChI=1S/C14H12ClN3S2/c1-9(11-7-8-13(15)19-11)16-17-14-18(2)10-5-3-4-6-12(10)20-14/h3-8H,1-2H3/b16-9-,17-14+. The van der Waals surface area contributed by atoms with Crippen LogP contribution in [0, 0.1) is 0 Å². The quantitative estimate of drug-likeness (QED) is 0.498. The zero-order valence-corrected chi connectivity index (χ0v) is 13.4. The van der Waals surface area contributed by atoms with Crippen molar-refractivity contribution in [2.24, 2.45) is 17.3 Å². The molecular formula is C14H12ClN3S2. The molecule has 3 nitrogen and oxygen atoms in total. The Balaban J connectivity index is 2.04. The summed E-state index contributed by atoms with van der Waals surface area (Å²) in [5.74, 6) is 0. The first-order chi connectivity index (χ1) is 9.65. The molecule has 0 atom stereocenters. The van der Waals surface area contributed by atoms with Gasteiger partial charge in [-0.15, -0.1) is 16.4 Å². The fourth-order valence-electron chi connectivity index (χ4n) is 1.85. The Morgan fingerprint density at radius 2 is 1.95 bits per heavy atom. The molecule has 0 N–H and O–H groups in total. The number of thiazole rings is 1. The molecule has 0 aliphatic carbocycles. The van der Waals surface area contributed by atoms with E-state index in [1.54, 1.807) is 11.3 Å². The van der Waals surface area contributed by atoms with E-state index in [0.717, 1.165) is 19.7 Å². The monoisotopic (exact) mass is 321 g/mol. The molecule has 0 aliphatic heterocycles. The maximum absolute atomic E-state index is 5.93. The fourth-order valence-corrected chi connectivity index (χ4v) is 3.81. The number of benzene rings is 1. The minimum atomic E-state index is 0.766. The Kier molecular flexibility index (Phi) is 3.74. The molecule has 3 aromatic rings. The average Bonchev–Trinajstić information content (AvgIpc) is 3.01. The molecule has 2 aromatic heterocycles. The Morgan fingerprint density at radius 3 is 2.65 bits per heavy atom. The van der Waals surface area contributed by atoms with Crippen molar-refractivity contribution in [2.75, 3.05) is 0 Å². The van der Waals surface area contributed by atoms with Crippen LogP contribution < -0.4 is 4.80 Å². The molecule has 6 heteroatoms. The summed E-state index contributed by atoms with van der Waals surface area (Å²) in [4.78, 5) is 1.93. The van der Waals surface area contributed by atoms with E-state index in [4.69, 9.17) is 11.6 Å². The minimum absolute atomic E-state index is 0.766. The maximum Gasteiger partial charge on any atom is 0.211 e. The van der Waals surface area contributed by atoms with Gasteiger partial charge in [0.25, 0.3) is 0 Å². The topological polar surface area (TPSA) is 29.6 Å². The molecule has 0 saturated carbocycles. The second-order valence-electron chi connectivity index (χ2n) is 4.30. The van der Waals surface area contributed by atoms with Gasteiger partial charge in [0.1, 0.15) is 0 Å². The van der Waals surface area contributed by atoms with Gasteiger partial charge in [-0.05, 0) is 31.2 Å². The molecule has 0 saturated heterocycles. The molecule has 0 aliphatic rings. The van der Waals surface area contributed by atoms with Crippen molar-refractivity contribution >= 4 is 50.2 Å². The number of thiophene rings is 1. The van der Waals surface area contributed by atoms with Gasteiger partial charge in [0.15, 0.2) is 0 Å². The number of aryl methyl sites for hydroxylation is 1. The number of nitrogens with zero attached hydrogens (tertiary/aromatic N) is 3. The molecule has 0 fully saturated rings. The van der Waals surface area contributed by atoms with E-state index in [-0.39, 0.29) is 0 Å². The van der Waals surface area contributed by atoms with Crippen molar-refractivity contribution < 1.29 is 0 Å². The Labute approximate surface area is 129 Å². The summed E-state index contributed by atoms with van der Waals surface area (Å²) >= 11 is 9.08. The SMILES string of the molecule is C/C(=N/N=c1/sc2ccccc2n1C)c1ccc(Cl)s1. The van der Waals surface area contributed by atoms with Crippen LogP contribution in [0.15, 0.2) is 46.6 Å². The highest BCUT2D eigenvalue weighted by Gasteiger charge is 2.03. The second kappa shape index (κ2) is 5.52. The first-order valence-corrected chi connectivity index (χ1v) is 8.05. The van der Waals surface area contributed by atoms with Crippen molar-refractivity contribution in [3.63, 3.8) is 0 Å². The molecule has 0 bridgehead atoms. The highest BCUT2D eigenvalue weighted by molar-refractivity contribution is 7.18. The number of hydrogen-bond acceptors (Lipinski definition) is 4. The largest absolute Gasteiger partial charge is 0.318 e. The van der Waals surface area contributed by atoms with Crippen molar-refractivity contribution in [1.82, 2.24) is 4.57 Å². The number of aromatic nitrogens is 1. The summed E-state index contributed by atoms with van der Waals surface area (Å²) < 4.78 is 4.03. The number of hydrogen-bond donors (Lipinski definition) is 0. The fraction of sp³-hybridized carbons (Fsp3) is 0.143. The van der Waals surface area contributed by atoms with Crippen molar-refractivity contribution in [2.45, 2.75) is 6.92 Å². The highest BCUT2D eigenvalue weighted by atomic mass is 35.5. The van der Waals surface area contributed by atoms with Gasteiger partial charge in [-0.1, -0.05) is 35.1 Å². The summed E-state index contributed by atoms with van der Waals surface area (Å²) in [7, 11) is 2.00. The third-order valence-electron chi connectivity index (χ3n) is 2.93. The summed E-state index contributed by atoms with van der Waals surface area (Å²) in [5, 5.41) is 8.68. The Hall–Kier alpha value is -1.43. The van der Waals surface area contributed by atoms with E-state index >= 15 is 0 Å². The Morgan fingerprint density at radius 1 is 1.15 bits per heavy atom. The lowest BCUT2D eigenvalue weighted by Crippen LogP contribution is -2.09. The van der Waals surface area contributed by atoms with Crippen LogP contribution in [0.3, 0.4) is 0 Å². The second-order valence-corrected chi connectivity index (χ2v) is 7.02. The maximum atomic E-state index is 5.93. The number of halogens is 1. The molecule has 20 heavy (non-hydrogen) atoms. The lowest BCUT2D eigenvalue weighted by molar-refractivity contribution is 0.888. The molecule has 0 amide bonds. The molecule has 2 heterocycles. The first-order valence-electron chi connectivity index (χ1n) is 6.04. The summed E-state index contributed by atoms with van der Waals surface area (Å²) in [5.41, 5.74) is 2.04. The van der Waals surface area contributed by atoms with E-state index < -0.39 is 0 Å². The van der Waals surface area contributed by atoms with E-state index in [2.05, 4.69) is 26.9 Å². The zero-order valence-electron chi connectivity index (χ0n) is 11.0. The summed E-state index contributed by atoms with van der Waals surface area (Å²) in [6, 6.07) is 12.1. The van der Waals surface area contributed by atoms with Crippen molar-refractivity contribution in [1.29, 1.82) is 0 Å². The van der Waals surface area contributed by atoms with Gasteiger partial charge < -0.3 is 4.57 Å².